The lowest BCUT2D eigenvalue weighted by Gasteiger charge is -2.03. The first-order valence-electron chi connectivity index (χ1n) is 3.30. The Hall–Kier alpha value is -0.700. The van der Waals surface area contributed by atoms with E-state index >= 15 is 0 Å². The summed E-state index contributed by atoms with van der Waals surface area (Å²) in [7, 11) is 3.21. The summed E-state index contributed by atoms with van der Waals surface area (Å²) in [6.45, 7) is 1.83. The quantitative estimate of drug-likeness (QED) is 0.403. The lowest BCUT2D eigenvalue weighted by molar-refractivity contribution is -0.0877. The molecule has 0 aromatic heterocycles. The van der Waals surface area contributed by atoms with E-state index in [9.17, 15) is 0 Å². The van der Waals surface area contributed by atoms with Crippen LogP contribution in [0.4, 0.5) is 0 Å². The SMILES string of the molecule is COC(C)OC.NC(O)=S.NC(O)=S. The minimum atomic E-state index is -0.500. The highest BCUT2D eigenvalue weighted by Crippen LogP contribution is 1.82. The summed E-state index contributed by atoms with van der Waals surface area (Å²) in [4.78, 5) is 0. The largest absolute Gasteiger partial charge is 0.487 e. The van der Waals surface area contributed by atoms with Gasteiger partial charge in [0.05, 0.1) is 0 Å². The second kappa shape index (κ2) is 14.8. The van der Waals surface area contributed by atoms with Crippen LogP contribution in [0.15, 0.2) is 0 Å². The number of rotatable bonds is 2. The minimum absolute atomic E-state index is 0.0648. The molecule has 6 nitrogen and oxygen atoms in total. The van der Waals surface area contributed by atoms with E-state index in [0.717, 1.165) is 0 Å². The zero-order chi connectivity index (χ0) is 12.1. The van der Waals surface area contributed by atoms with Crippen molar-refractivity contribution in [3.8, 4) is 0 Å². The van der Waals surface area contributed by atoms with Crippen LogP contribution in [0, 0.1) is 0 Å². The average Bonchev–Trinajstić information content (AvgIpc) is 2.01. The van der Waals surface area contributed by atoms with Crippen LogP contribution >= 0.6 is 24.4 Å². The molecule has 0 amide bonds. The van der Waals surface area contributed by atoms with E-state index in [4.69, 9.17) is 10.2 Å². The molecule has 0 fully saturated rings. The molecular formula is C6H16N2O4S2. The number of methoxy groups -OCH3 is 2. The molecule has 0 rings (SSSR count). The summed E-state index contributed by atoms with van der Waals surface area (Å²) in [6, 6.07) is 0. The van der Waals surface area contributed by atoms with Crippen molar-refractivity contribution in [1.29, 1.82) is 0 Å². The number of hydrogen-bond acceptors (Lipinski definition) is 4. The molecule has 0 aliphatic carbocycles. The second-order valence-corrected chi connectivity index (χ2v) is 2.55. The van der Waals surface area contributed by atoms with Gasteiger partial charge in [-0.3, -0.25) is 0 Å². The predicted molar refractivity (Wildman–Crippen MR) is 62.3 cm³/mol. The third kappa shape index (κ3) is 110. The van der Waals surface area contributed by atoms with E-state index < -0.39 is 10.3 Å². The number of aliphatic hydroxyl groups is 2. The Morgan fingerprint density at radius 2 is 1.21 bits per heavy atom. The minimum Gasteiger partial charge on any atom is -0.487 e. The van der Waals surface area contributed by atoms with Crippen molar-refractivity contribution in [2.45, 2.75) is 13.2 Å². The fourth-order valence-electron chi connectivity index (χ4n) is 0.0962. The van der Waals surface area contributed by atoms with Crippen molar-refractivity contribution in [3.63, 3.8) is 0 Å². The van der Waals surface area contributed by atoms with Gasteiger partial charge in [0.1, 0.15) is 0 Å². The van der Waals surface area contributed by atoms with Gasteiger partial charge in [-0.1, -0.05) is 0 Å². The van der Waals surface area contributed by atoms with E-state index in [-0.39, 0.29) is 6.29 Å². The maximum Gasteiger partial charge on any atom is 0.251 e. The number of thiocarbonyl (C=S) groups is 2. The van der Waals surface area contributed by atoms with Crippen molar-refractivity contribution in [1.82, 2.24) is 0 Å². The number of nitrogens with two attached hydrogens (primary N) is 2. The zero-order valence-corrected chi connectivity index (χ0v) is 9.89. The second-order valence-electron chi connectivity index (χ2n) is 1.72. The molecule has 0 unspecified atom stereocenters. The monoisotopic (exact) mass is 244 g/mol. The molecule has 0 aliphatic heterocycles. The van der Waals surface area contributed by atoms with Gasteiger partial charge in [0.25, 0.3) is 10.3 Å². The van der Waals surface area contributed by atoms with Gasteiger partial charge in [-0.25, -0.2) is 0 Å². The topological polar surface area (TPSA) is 111 Å². The van der Waals surface area contributed by atoms with Crippen LogP contribution in [0.3, 0.4) is 0 Å². The first-order chi connectivity index (χ1) is 6.27. The van der Waals surface area contributed by atoms with E-state index in [0.29, 0.717) is 0 Å². The lowest BCUT2D eigenvalue weighted by atomic mass is 10.8. The predicted octanol–water partition coefficient (Wildman–Crippen LogP) is 0.201. The summed E-state index contributed by atoms with van der Waals surface area (Å²) in [5, 5.41) is 14.1. The summed E-state index contributed by atoms with van der Waals surface area (Å²) in [6.07, 6.45) is -0.0648. The summed E-state index contributed by atoms with van der Waals surface area (Å²) in [5.41, 5.74) is 8.80. The van der Waals surface area contributed by atoms with E-state index in [2.05, 4.69) is 45.4 Å². The normalized spacial score (nSPS) is 7.71. The molecule has 0 heterocycles. The third-order valence-corrected chi connectivity index (χ3v) is 0.664. The van der Waals surface area contributed by atoms with Gasteiger partial charge in [-0.15, -0.1) is 0 Å². The maximum absolute atomic E-state index is 7.56. The molecule has 0 saturated heterocycles. The molecule has 0 atom stereocenters. The Morgan fingerprint density at radius 1 is 1.07 bits per heavy atom. The van der Waals surface area contributed by atoms with Crippen LogP contribution < -0.4 is 11.5 Å². The van der Waals surface area contributed by atoms with Crippen molar-refractivity contribution in [2.24, 2.45) is 11.5 Å². The Labute approximate surface area is 93.8 Å². The first kappa shape index (κ1) is 19.0. The summed E-state index contributed by atoms with van der Waals surface area (Å²) >= 11 is 7.74. The smallest absolute Gasteiger partial charge is 0.251 e. The van der Waals surface area contributed by atoms with Gasteiger partial charge in [0, 0.05) is 14.2 Å². The van der Waals surface area contributed by atoms with Crippen LogP contribution in [-0.2, 0) is 9.47 Å². The van der Waals surface area contributed by atoms with Crippen LogP contribution in [-0.4, -0.2) is 41.1 Å². The van der Waals surface area contributed by atoms with Gasteiger partial charge in [-0.05, 0) is 31.4 Å². The molecule has 0 radical (unpaired) electrons. The Kier molecular flexibility index (Phi) is 20.1. The van der Waals surface area contributed by atoms with E-state index in [1.807, 2.05) is 6.92 Å². The third-order valence-electron chi connectivity index (χ3n) is 0.664. The number of ether oxygens (including phenoxy) is 2. The standard InChI is InChI=1S/C4H10O2.2CH3NOS/c1-4(5-2)6-3;2*2-1(3)4/h4H,1-3H3;2*(H3,2,3,4). The molecule has 0 aromatic rings. The van der Waals surface area contributed by atoms with Gasteiger partial charge < -0.3 is 31.2 Å². The van der Waals surface area contributed by atoms with Gasteiger partial charge in [-0.2, -0.15) is 0 Å². The molecule has 0 saturated carbocycles. The molecule has 0 spiro atoms. The Bertz CT molecular complexity index is 133. The highest BCUT2D eigenvalue weighted by atomic mass is 32.1. The molecule has 86 valence electrons. The molecule has 0 bridgehead atoms. The fraction of sp³-hybridized carbons (Fsp3) is 0.667. The lowest BCUT2D eigenvalue weighted by Crippen LogP contribution is -2.05. The van der Waals surface area contributed by atoms with Crippen molar-refractivity contribution < 1.29 is 19.7 Å². The van der Waals surface area contributed by atoms with Gasteiger partial charge >= 0.3 is 0 Å². The Balaban J connectivity index is -0.000000135. The van der Waals surface area contributed by atoms with E-state index in [1.165, 1.54) is 0 Å². The van der Waals surface area contributed by atoms with Gasteiger partial charge in [0.15, 0.2) is 6.29 Å². The van der Waals surface area contributed by atoms with Crippen LogP contribution in [0.1, 0.15) is 6.92 Å². The fourth-order valence-corrected chi connectivity index (χ4v) is 0.0962. The highest BCUT2D eigenvalue weighted by Gasteiger charge is 1.87. The van der Waals surface area contributed by atoms with Crippen LogP contribution in [0.2, 0.25) is 0 Å². The molecule has 6 N–H and O–H groups in total. The molecule has 14 heavy (non-hydrogen) atoms. The van der Waals surface area contributed by atoms with Crippen LogP contribution in [0.5, 0.6) is 0 Å². The van der Waals surface area contributed by atoms with Crippen molar-refractivity contribution in [2.75, 3.05) is 14.2 Å². The molecular weight excluding hydrogens is 228 g/mol. The molecule has 0 aliphatic rings. The van der Waals surface area contributed by atoms with Gasteiger partial charge in [0.2, 0.25) is 0 Å². The number of aliphatic hydroxyl groups excluding tert-OH is 2. The molecule has 8 heteroatoms. The van der Waals surface area contributed by atoms with E-state index in [1.54, 1.807) is 14.2 Å². The molecule has 0 aromatic carbocycles. The average molecular weight is 244 g/mol. The first-order valence-corrected chi connectivity index (χ1v) is 4.11. The zero-order valence-electron chi connectivity index (χ0n) is 8.26. The number of hydrogen-bond donors (Lipinski definition) is 4. The van der Waals surface area contributed by atoms with Crippen molar-refractivity contribution >= 4 is 34.8 Å². The maximum atomic E-state index is 7.56. The van der Waals surface area contributed by atoms with Crippen molar-refractivity contribution in [3.05, 3.63) is 0 Å². The summed E-state index contributed by atoms with van der Waals surface area (Å²) < 4.78 is 9.35. The van der Waals surface area contributed by atoms with Crippen LogP contribution in [0.25, 0.3) is 0 Å². The highest BCUT2D eigenvalue weighted by molar-refractivity contribution is 7.80. The summed E-state index contributed by atoms with van der Waals surface area (Å²) in [5.74, 6) is 0. The Morgan fingerprint density at radius 3 is 1.21 bits per heavy atom.